The molecule has 3 amide bonds. The van der Waals surface area contributed by atoms with Crippen LogP contribution in [0.1, 0.15) is 64.7 Å². The van der Waals surface area contributed by atoms with Crippen molar-refractivity contribution < 1.29 is 19.1 Å². The number of nitrogens with zero attached hydrogens (tertiary/aromatic N) is 1. The summed E-state index contributed by atoms with van der Waals surface area (Å²) in [7, 11) is 0. The lowest BCUT2D eigenvalue weighted by Crippen LogP contribution is -2.57. The van der Waals surface area contributed by atoms with Crippen LogP contribution in [-0.4, -0.2) is 53.9 Å². The molecule has 0 spiro atoms. The van der Waals surface area contributed by atoms with Crippen LogP contribution in [0.15, 0.2) is 18.2 Å². The van der Waals surface area contributed by atoms with Gasteiger partial charge in [0.1, 0.15) is 24.4 Å². The number of halogens is 1. The Bertz CT molecular complexity index is 827. The Hall–Kier alpha value is -2.28. The maximum atomic E-state index is 13.4. The Morgan fingerprint density at radius 1 is 1.12 bits per heavy atom. The first-order valence-corrected chi connectivity index (χ1v) is 11.8. The molecule has 32 heavy (non-hydrogen) atoms. The molecule has 1 aromatic rings. The van der Waals surface area contributed by atoms with Crippen molar-refractivity contribution in [2.45, 2.75) is 72.5 Å². The van der Waals surface area contributed by atoms with Crippen LogP contribution >= 0.6 is 11.6 Å². The van der Waals surface area contributed by atoms with Gasteiger partial charge in [0.25, 0.3) is 5.91 Å². The van der Waals surface area contributed by atoms with Crippen molar-refractivity contribution >= 4 is 29.3 Å². The van der Waals surface area contributed by atoms with Crippen molar-refractivity contribution in [3.05, 3.63) is 28.8 Å². The fourth-order valence-electron chi connectivity index (χ4n) is 3.76. The Balaban J connectivity index is 2.51. The molecular formula is C24H36ClN3O4. The highest BCUT2D eigenvalue weighted by molar-refractivity contribution is 6.31. The zero-order valence-corrected chi connectivity index (χ0v) is 20.7. The molecule has 1 aromatic carbocycles. The number of carbonyl (C=O) groups excluding carboxylic acids is 3. The quantitative estimate of drug-likeness (QED) is 0.694. The van der Waals surface area contributed by atoms with E-state index in [1.54, 1.807) is 17.0 Å². The van der Waals surface area contributed by atoms with E-state index >= 15 is 0 Å². The van der Waals surface area contributed by atoms with Gasteiger partial charge in [0.05, 0.1) is 12.1 Å². The minimum absolute atomic E-state index is 0.0717. The smallest absolute Gasteiger partial charge is 0.255 e. The fourth-order valence-corrected chi connectivity index (χ4v) is 3.93. The van der Waals surface area contributed by atoms with Crippen molar-refractivity contribution in [1.82, 2.24) is 15.5 Å². The highest BCUT2D eigenvalue weighted by atomic mass is 35.5. The van der Waals surface area contributed by atoms with Crippen LogP contribution in [-0.2, 0) is 9.59 Å². The van der Waals surface area contributed by atoms with Crippen molar-refractivity contribution in [3.63, 3.8) is 0 Å². The number of fused-ring (bicyclic) bond motifs is 1. The average Bonchev–Trinajstić information content (AvgIpc) is 2.73. The molecule has 1 aliphatic rings. The molecule has 2 N–H and O–H groups in total. The van der Waals surface area contributed by atoms with Crippen LogP contribution in [0.3, 0.4) is 0 Å². The first-order chi connectivity index (χ1) is 15.0. The molecule has 3 atom stereocenters. The van der Waals surface area contributed by atoms with E-state index in [2.05, 4.69) is 10.6 Å². The van der Waals surface area contributed by atoms with Gasteiger partial charge in [-0.3, -0.25) is 14.4 Å². The van der Waals surface area contributed by atoms with Crippen LogP contribution in [0.4, 0.5) is 0 Å². The molecule has 0 saturated carbocycles. The van der Waals surface area contributed by atoms with Gasteiger partial charge in [0.15, 0.2) is 0 Å². The molecule has 0 fully saturated rings. The molecule has 0 aromatic heterocycles. The lowest BCUT2D eigenvalue weighted by Gasteiger charge is -2.32. The van der Waals surface area contributed by atoms with E-state index in [0.29, 0.717) is 30.2 Å². The third kappa shape index (κ3) is 6.61. The summed E-state index contributed by atoms with van der Waals surface area (Å²) in [6.45, 7) is 12.3. The van der Waals surface area contributed by atoms with Crippen molar-refractivity contribution in [2.75, 3.05) is 13.2 Å². The average molecular weight is 466 g/mol. The lowest BCUT2D eigenvalue weighted by molar-refractivity contribution is -0.139. The molecule has 0 bridgehead atoms. The van der Waals surface area contributed by atoms with Crippen LogP contribution < -0.4 is 15.4 Å². The van der Waals surface area contributed by atoms with Crippen molar-refractivity contribution in [2.24, 2.45) is 11.8 Å². The number of amides is 3. The molecule has 7 nitrogen and oxygen atoms in total. The number of nitrogens with one attached hydrogen (secondary N) is 2. The second-order valence-electron chi connectivity index (χ2n) is 9.14. The van der Waals surface area contributed by atoms with E-state index < -0.39 is 18.0 Å². The molecule has 1 aliphatic heterocycles. The number of ether oxygens (including phenoxy) is 1. The Morgan fingerprint density at radius 3 is 2.41 bits per heavy atom. The van der Waals surface area contributed by atoms with Crippen LogP contribution in [0, 0.1) is 11.8 Å². The summed E-state index contributed by atoms with van der Waals surface area (Å²) in [6.07, 6.45) is 1.18. The molecule has 1 heterocycles. The number of hydrogen-bond acceptors (Lipinski definition) is 4. The second-order valence-corrected chi connectivity index (χ2v) is 9.58. The Morgan fingerprint density at radius 2 is 1.81 bits per heavy atom. The van der Waals surface area contributed by atoms with Gasteiger partial charge in [-0.25, -0.2) is 0 Å². The van der Waals surface area contributed by atoms with Gasteiger partial charge >= 0.3 is 0 Å². The third-order valence-corrected chi connectivity index (χ3v) is 6.02. The number of rotatable bonds is 5. The summed E-state index contributed by atoms with van der Waals surface area (Å²) in [5.41, 5.74) is 0.263. The van der Waals surface area contributed by atoms with Gasteiger partial charge in [0.2, 0.25) is 11.8 Å². The molecular weight excluding hydrogens is 430 g/mol. The fraction of sp³-hybridized carbons (Fsp3) is 0.625. The Kier molecular flexibility index (Phi) is 9.37. The highest BCUT2D eigenvalue weighted by Crippen LogP contribution is 2.24. The van der Waals surface area contributed by atoms with Crippen LogP contribution in [0.5, 0.6) is 5.75 Å². The van der Waals surface area contributed by atoms with Gasteiger partial charge in [0, 0.05) is 11.1 Å². The topological polar surface area (TPSA) is 87.7 Å². The summed E-state index contributed by atoms with van der Waals surface area (Å²) in [6, 6.07) is 3.27. The predicted octanol–water partition coefficient (Wildman–Crippen LogP) is 3.64. The maximum Gasteiger partial charge on any atom is 0.255 e. The van der Waals surface area contributed by atoms with E-state index in [9.17, 15) is 14.4 Å². The summed E-state index contributed by atoms with van der Waals surface area (Å²) >= 11 is 6.13. The summed E-state index contributed by atoms with van der Waals surface area (Å²) < 4.78 is 5.90. The molecule has 0 aliphatic carbocycles. The first kappa shape index (κ1) is 26.0. The van der Waals surface area contributed by atoms with E-state index in [1.807, 2.05) is 41.5 Å². The van der Waals surface area contributed by atoms with Gasteiger partial charge in [-0.15, -0.1) is 0 Å². The number of hydrogen-bond donors (Lipinski definition) is 2. The second kappa shape index (κ2) is 11.5. The SMILES string of the molecule is CC[C@H](C)[C@@H]1NC(=O)c2cc(Cl)ccc2OCCN(C(C)C)C(=O)[C@H](CC(C)C)NC1=O. The van der Waals surface area contributed by atoms with E-state index in [4.69, 9.17) is 16.3 Å². The number of carbonyl (C=O) groups is 3. The van der Waals surface area contributed by atoms with E-state index in [0.717, 1.165) is 0 Å². The first-order valence-electron chi connectivity index (χ1n) is 11.4. The maximum absolute atomic E-state index is 13.4. The lowest BCUT2D eigenvalue weighted by atomic mass is 9.96. The predicted molar refractivity (Wildman–Crippen MR) is 126 cm³/mol. The van der Waals surface area contributed by atoms with E-state index in [-0.39, 0.29) is 41.9 Å². The summed E-state index contributed by atoms with van der Waals surface area (Å²) in [5.74, 6) is -0.509. The monoisotopic (exact) mass is 465 g/mol. The zero-order valence-electron chi connectivity index (χ0n) is 19.9. The van der Waals surface area contributed by atoms with Gasteiger partial charge < -0.3 is 20.3 Å². The van der Waals surface area contributed by atoms with Crippen LogP contribution in [0.25, 0.3) is 0 Å². The van der Waals surface area contributed by atoms with Crippen LogP contribution in [0.2, 0.25) is 5.02 Å². The minimum atomic E-state index is -0.796. The zero-order chi connectivity index (χ0) is 24.0. The third-order valence-electron chi connectivity index (χ3n) is 5.79. The standard InChI is InChI=1S/C24H36ClN3O4/c1-7-16(6)21-23(30)26-19(12-14(2)3)24(31)28(15(4)5)10-11-32-20-9-8-17(25)13-18(20)22(29)27-21/h8-9,13-16,19,21H,7,10-12H2,1-6H3,(H,26,30)(H,27,29)/t16-,19-,21-/m0/s1. The van der Waals surface area contributed by atoms with Crippen molar-refractivity contribution in [1.29, 1.82) is 0 Å². The molecule has 0 radical (unpaired) electrons. The normalized spacial score (nSPS) is 21.7. The largest absolute Gasteiger partial charge is 0.491 e. The molecule has 178 valence electrons. The molecule has 2 rings (SSSR count). The summed E-state index contributed by atoms with van der Waals surface area (Å²) in [4.78, 5) is 41.6. The molecule has 0 unspecified atom stereocenters. The van der Waals surface area contributed by atoms with Crippen molar-refractivity contribution in [3.8, 4) is 5.75 Å². The molecule has 8 heteroatoms. The van der Waals surface area contributed by atoms with Gasteiger partial charge in [-0.05, 0) is 50.3 Å². The molecule has 0 saturated heterocycles. The van der Waals surface area contributed by atoms with Gasteiger partial charge in [-0.2, -0.15) is 0 Å². The summed E-state index contributed by atoms with van der Waals surface area (Å²) in [5, 5.41) is 6.17. The van der Waals surface area contributed by atoms with Gasteiger partial charge in [-0.1, -0.05) is 45.7 Å². The highest BCUT2D eigenvalue weighted by Gasteiger charge is 2.34. The Labute approximate surface area is 196 Å². The number of benzene rings is 1. The minimum Gasteiger partial charge on any atom is -0.491 e. The van der Waals surface area contributed by atoms with E-state index in [1.165, 1.54) is 6.07 Å².